The molecule has 35 heavy (non-hydrogen) atoms. The molecule has 0 radical (unpaired) electrons. The Morgan fingerprint density at radius 2 is 1.86 bits per heavy atom. The van der Waals surface area contributed by atoms with Gasteiger partial charge in [0.2, 0.25) is 5.91 Å². The lowest BCUT2D eigenvalue weighted by atomic mass is 9.92. The van der Waals surface area contributed by atoms with E-state index < -0.39 is 34.8 Å². The van der Waals surface area contributed by atoms with Gasteiger partial charge in [0.1, 0.15) is 17.3 Å². The predicted octanol–water partition coefficient (Wildman–Crippen LogP) is 4.46. The van der Waals surface area contributed by atoms with E-state index in [-0.39, 0.29) is 46.6 Å². The number of hydrogen-bond donors (Lipinski definition) is 4. The van der Waals surface area contributed by atoms with E-state index in [2.05, 4.69) is 34.0 Å². The summed E-state index contributed by atoms with van der Waals surface area (Å²) in [7, 11) is 0. The van der Waals surface area contributed by atoms with Crippen molar-refractivity contribution in [3.63, 3.8) is 0 Å². The molecule has 184 valence electrons. The molecular weight excluding hydrogens is 471 g/mol. The molecule has 0 aliphatic heterocycles. The molecule has 3 rings (SSSR count). The minimum absolute atomic E-state index is 0.0888. The molecule has 1 amide bonds. The number of amides is 1. The number of anilines is 1. The summed E-state index contributed by atoms with van der Waals surface area (Å²) in [6.45, 7) is 6.24. The zero-order valence-corrected chi connectivity index (χ0v) is 18.2. The van der Waals surface area contributed by atoms with Gasteiger partial charge in [0.25, 0.3) is 0 Å². The van der Waals surface area contributed by atoms with Gasteiger partial charge in [-0.25, -0.2) is 14.6 Å². The lowest BCUT2D eigenvalue weighted by Crippen LogP contribution is -2.32. The van der Waals surface area contributed by atoms with Gasteiger partial charge in [-0.1, -0.05) is 19.2 Å². The van der Waals surface area contributed by atoms with Crippen LogP contribution in [0.5, 0.6) is 0 Å². The van der Waals surface area contributed by atoms with Crippen LogP contribution in [0.3, 0.4) is 0 Å². The van der Waals surface area contributed by atoms with Crippen LogP contribution in [0.4, 0.5) is 27.6 Å². The first-order chi connectivity index (χ1) is 16.4. The molecule has 1 aromatic carbocycles. The van der Waals surface area contributed by atoms with Crippen LogP contribution in [-0.2, 0) is 11.0 Å². The molecule has 1 aliphatic carbocycles. The van der Waals surface area contributed by atoms with Crippen LogP contribution in [-0.4, -0.2) is 16.7 Å². The number of pyridine rings is 1. The molecule has 1 saturated carbocycles. The molecule has 7 nitrogen and oxygen atoms in total. The molecular formula is C23H21F5N6O. The second-order valence-corrected chi connectivity index (χ2v) is 7.76. The molecule has 1 aromatic heterocycles. The number of hydrogen-bond acceptors (Lipinski definition) is 5. The minimum atomic E-state index is -4.67. The van der Waals surface area contributed by atoms with Gasteiger partial charge in [-0.3, -0.25) is 9.78 Å². The monoisotopic (exact) mass is 492 g/mol. The number of nitrogens with two attached hydrogens (primary N) is 2. The van der Waals surface area contributed by atoms with Crippen molar-refractivity contribution < 1.29 is 26.7 Å². The Hall–Kier alpha value is -4.06. The fraction of sp³-hybridized carbons (Fsp3) is 0.174. The second kappa shape index (κ2) is 9.66. The van der Waals surface area contributed by atoms with Crippen molar-refractivity contribution in [2.75, 3.05) is 5.32 Å². The van der Waals surface area contributed by atoms with E-state index in [9.17, 15) is 26.7 Å². The largest absolute Gasteiger partial charge is 0.433 e. The minimum Gasteiger partial charge on any atom is -0.325 e. The van der Waals surface area contributed by atoms with Crippen molar-refractivity contribution in [3.05, 3.63) is 84.2 Å². The van der Waals surface area contributed by atoms with Gasteiger partial charge in [-0.05, 0) is 54.3 Å². The Labute approximate surface area is 197 Å². The Bertz CT molecular complexity index is 1250. The average molecular weight is 492 g/mol. The van der Waals surface area contributed by atoms with Crippen LogP contribution in [0.15, 0.2) is 78.1 Å². The third-order valence-corrected chi connectivity index (χ3v) is 5.45. The highest BCUT2D eigenvalue weighted by molar-refractivity contribution is 6.06. The van der Waals surface area contributed by atoms with Crippen LogP contribution < -0.4 is 22.4 Å². The van der Waals surface area contributed by atoms with Crippen LogP contribution in [0.25, 0.3) is 11.1 Å². The van der Waals surface area contributed by atoms with E-state index in [0.717, 1.165) is 18.3 Å². The number of halogens is 5. The van der Waals surface area contributed by atoms with Crippen molar-refractivity contribution >= 4 is 17.4 Å². The molecule has 2 aromatic rings. The number of allylic oxidation sites excluding steroid dienone is 3. The number of carbonyl (C=O) groups is 1. The Morgan fingerprint density at radius 1 is 1.17 bits per heavy atom. The molecule has 0 bridgehead atoms. The summed E-state index contributed by atoms with van der Waals surface area (Å²) in [5.41, 5.74) is 0.336. The van der Waals surface area contributed by atoms with E-state index >= 15 is 0 Å². The first-order valence-corrected chi connectivity index (χ1v) is 10.1. The van der Waals surface area contributed by atoms with Crippen molar-refractivity contribution in [1.82, 2.24) is 10.4 Å². The number of nitrogens with one attached hydrogen (secondary N) is 2. The van der Waals surface area contributed by atoms with E-state index in [1.165, 1.54) is 24.3 Å². The van der Waals surface area contributed by atoms with E-state index in [1.807, 2.05) is 0 Å². The van der Waals surface area contributed by atoms with Crippen molar-refractivity contribution in [2.45, 2.75) is 19.0 Å². The molecule has 0 saturated heterocycles. The van der Waals surface area contributed by atoms with Gasteiger partial charge < -0.3 is 16.6 Å². The highest BCUT2D eigenvalue weighted by Gasteiger charge is 2.54. The first-order valence-electron chi connectivity index (χ1n) is 10.1. The molecule has 1 heterocycles. The van der Waals surface area contributed by atoms with Gasteiger partial charge in [0.05, 0.1) is 5.41 Å². The summed E-state index contributed by atoms with van der Waals surface area (Å²) in [5, 5.41) is 6.12. The SMILES string of the molecule is C=C(F)/C=C(\C(=C)F)C1(C(=O)Nc2ccc(-c3ccnc(C(F)(F)F)c3)c(/C(=N/N)NN)c2)CC1. The molecule has 0 spiro atoms. The van der Waals surface area contributed by atoms with Crippen LogP contribution in [0.1, 0.15) is 24.1 Å². The van der Waals surface area contributed by atoms with Crippen LogP contribution in [0.2, 0.25) is 0 Å². The fourth-order valence-corrected chi connectivity index (χ4v) is 3.63. The second-order valence-electron chi connectivity index (χ2n) is 7.76. The van der Waals surface area contributed by atoms with Gasteiger partial charge in [0, 0.05) is 23.0 Å². The number of benzene rings is 1. The number of alkyl halides is 3. The van der Waals surface area contributed by atoms with E-state index in [4.69, 9.17) is 11.7 Å². The molecule has 0 unspecified atom stereocenters. The standard InChI is InChI=1S/C23H21F5N6O/c1-12(24)9-18(13(2)25)22(6-7-22)21(35)32-15-3-4-16(17(11-15)20(33-29)34-30)14-5-8-31-19(10-14)23(26,27)28/h3-5,8-11H,1-2,6-7,29-30H2,(H,32,35)(H,33,34)/b18-9+. The van der Waals surface area contributed by atoms with Gasteiger partial charge in [-0.2, -0.15) is 18.3 Å². The summed E-state index contributed by atoms with van der Waals surface area (Å²) >= 11 is 0. The fourth-order valence-electron chi connectivity index (χ4n) is 3.63. The molecule has 0 atom stereocenters. The highest BCUT2D eigenvalue weighted by Crippen LogP contribution is 2.55. The third kappa shape index (κ3) is 5.38. The summed E-state index contributed by atoms with van der Waals surface area (Å²) in [6, 6.07) is 6.42. The number of hydrazine groups is 1. The van der Waals surface area contributed by atoms with Gasteiger partial charge in [0.15, 0.2) is 5.84 Å². The predicted molar refractivity (Wildman–Crippen MR) is 122 cm³/mol. The van der Waals surface area contributed by atoms with E-state index in [0.29, 0.717) is 0 Å². The molecule has 1 aliphatic rings. The van der Waals surface area contributed by atoms with Crippen molar-refractivity contribution in [1.29, 1.82) is 0 Å². The quantitative estimate of drug-likeness (QED) is 0.114. The summed E-state index contributed by atoms with van der Waals surface area (Å²) in [5.74, 6) is 8.23. The number of carbonyl (C=O) groups excluding carboxylic acids is 1. The molecule has 1 fully saturated rings. The number of amidine groups is 1. The third-order valence-electron chi connectivity index (χ3n) is 5.45. The smallest absolute Gasteiger partial charge is 0.325 e. The highest BCUT2D eigenvalue weighted by atomic mass is 19.4. The maximum atomic E-state index is 14.0. The number of hydrazone groups is 1. The summed E-state index contributed by atoms with van der Waals surface area (Å²) in [6.07, 6.45) is -2.34. The topological polar surface area (TPSA) is 118 Å². The molecule has 12 heteroatoms. The summed E-state index contributed by atoms with van der Waals surface area (Å²) in [4.78, 5) is 16.4. The zero-order chi connectivity index (χ0) is 26.0. The normalized spacial score (nSPS) is 15.4. The Balaban J connectivity index is 2.02. The van der Waals surface area contributed by atoms with Gasteiger partial charge >= 0.3 is 6.18 Å². The summed E-state index contributed by atoms with van der Waals surface area (Å²) < 4.78 is 66.8. The Morgan fingerprint density at radius 3 is 2.37 bits per heavy atom. The van der Waals surface area contributed by atoms with Crippen LogP contribution in [0, 0.1) is 5.41 Å². The number of rotatable bonds is 7. The maximum Gasteiger partial charge on any atom is 0.433 e. The number of nitrogens with zero attached hydrogens (tertiary/aromatic N) is 2. The lowest BCUT2D eigenvalue weighted by molar-refractivity contribution is -0.141. The Kier molecular flexibility index (Phi) is 7.06. The zero-order valence-electron chi connectivity index (χ0n) is 18.2. The van der Waals surface area contributed by atoms with Crippen LogP contribution >= 0.6 is 0 Å². The van der Waals surface area contributed by atoms with E-state index in [1.54, 1.807) is 0 Å². The maximum absolute atomic E-state index is 14.0. The average Bonchev–Trinajstić information content (AvgIpc) is 3.60. The lowest BCUT2D eigenvalue weighted by Gasteiger charge is -2.19. The first kappa shape index (κ1) is 25.6. The van der Waals surface area contributed by atoms with Crippen molar-refractivity contribution in [2.24, 2.45) is 22.2 Å². The molecule has 6 N–H and O–H groups in total. The van der Waals surface area contributed by atoms with Gasteiger partial charge in [-0.15, -0.1) is 0 Å². The number of aromatic nitrogens is 1. The van der Waals surface area contributed by atoms with Crippen molar-refractivity contribution in [3.8, 4) is 11.1 Å².